The molecule has 0 aliphatic rings. The Morgan fingerprint density at radius 3 is 2.47 bits per heavy atom. The fourth-order valence-electron chi connectivity index (χ4n) is 1.48. The predicted octanol–water partition coefficient (Wildman–Crippen LogP) is 1.79. The number of nitriles is 1. The first-order chi connectivity index (χ1) is 7.55. The van der Waals surface area contributed by atoms with E-state index in [1.165, 1.54) is 6.07 Å². The van der Waals surface area contributed by atoms with Crippen LogP contribution in [0.5, 0.6) is 0 Å². The molecule has 1 aromatic rings. The van der Waals surface area contributed by atoms with E-state index >= 15 is 0 Å². The smallest absolute Gasteiger partial charge is 0.282 e. The molecule has 0 saturated carbocycles. The summed E-state index contributed by atoms with van der Waals surface area (Å²) in [5.41, 5.74) is 0.600. The maximum Gasteiger partial charge on any atom is 0.294 e. The largest absolute Gasteiger partial charge is 0.294 e. The standard InChI is InChI=1S/C11H13NO3S.Na/c12-9-5-1-2-6-10-7-3-4-8-11(10)16(13,14)15;/h3-4,7-8H,1-2,5-6H2,(H,13,14,15);. The van der Waals surface area contributed by atoms with E-state index in [1.807, 2.05) is 6.07 Å². The number of hydrogen-bond donors (Lipinski definition) is 1. The summed E-state index contributed by atoms with van der Waals surface area (Å²) in [7, 11) is -4.14. The third-order valence-electron chi connectivity index (χ3n) is 2.24. The molecule has 17 heavy (non-hydrogen) atoms. The molecule has 1 aromatic carbocycles. The van der Waals surface area contributed by atoms with Gasteiger partial charge in [-0.15, -0.1) is 0 Å². The van der Waals surface area contributed by atoms with Crippen LogP contribution >= 0.6 is 0 Å². The van der Waals surface area contributed by atoms with Crippen LogP contribution in [0.25, 0.3) is 0 Å². The molecule has 0 saturated heterocycles. The third-order valence-corrected chi connectivity index (χ3v) is 3.19. The van der Waals surface area contributed by atoms with E-state index in [4.69, 9.17) is 9.81 Å². The van der Waals surface area contributed by atoms with Crippen LogP contribution in [0.15, 0.2) is 29.2 Å². The van der Waals surface area contributed by atoms with E-state index in [0.717, 1.165) is 12.8 Å². The molecule has 0 aliphatic heterocycles. The molecule has 6 heteroatoms. The van der Waals surface area contributed by atoms with Crippen LogP contribution in [-0.4, -0.2) is 42.5 Å². The van der Waals surface area contributed by atoms with Gasteiger partial charge in [0.15, 0.2) is 0 Å². The van der Waals surface area contributed by atoms with Gasteiger partial charge >= 0.3 is 0 Å². The Bertz CT molecular complexity index is 494. The molecule has 0 atom stereocenters. The van der Waals surface area contributed by atoms with Gasteiger partial charge in [-0.2, -0.15) is 13.7 Å². The Hall–Kier alpha value is -0.380. The molecule has 0 fully saturated rings. The molecule has 0 unspecified atom stereocenters. The molecule has 1 radical (unpaired) electrons. The summed E-state index contributed by atoms with van der Waals surface area (Å²) in [5.74, 6) is 0. The second-order valence-electron chi connectivity index (χ2n) is 3.45. The van der Waals surface area contributed by atoms with Crippen molar-refractivity contribution >= 4 is 39.7 Å². The van der Waals surface area contributed by atoms with Crippen molar-refractivity contribution < 1.29 is 13.0 Å². The summed E-state index contributed by atoms with van der Waals surface area (Å²) >= 11 is 0. The monoisotopic (exact) mass is 262 g/mol. The number of benzene rings is 1. The van der Waals surface area contributed by atoms with E-state index in [2.05, 4.69) is 0 Å². The molecule has 1 rings (SSSR count). The van der Waals surface area contributed by atoms with E-state index in [0.29, 0.717) is 18.4 Å². The van der Waals surface area contributed by atoms with Crippen molar-refractivity contribution in [1.29, 1.82) is 5.26 Å². The molecule has 1 N–H and O–H groups in total. The van der Waals surface area contributed by atoms with Gasteiger partial charge in [0, 0.05) is 36.0 Å². The Morgan fingerprint density at radius 1 is 1.24 bits per heavy atom. The number of nitrogens with zero attached hydrogens (tertiary/aromatic N) is 1. The van der Waals surface area contributed by atoms with Crippen molar-refractivity contribution in [1.82, 2.24) is 0 Å². The van der Waals surface area contributed by atoms with E-state index in [9.17, 15) is 8.42 Å². The van der Waals surface area contributed by atoms with Crippen molar-refractivity contribution in [2.75, 3.05) is 0 Å². The average Bonchev–Trinajstić information content (AvgIpc) is 2.24. The van der Waals surface area contributed by atoms with E-state index in [1.54, 1.807) is 18.2 Å². The van der Waals surface area contributed by atoms with Gasteiger partial charge in [-0.1, -0.05) is 18.2 Å². The zero-order valence-electron chi connectivity index (χ0n) is 9.76. The predicted molar refractivity (Wildman–Crippen MR) is 65.2 cm³/mol. The van der Waals surface area contributed by atoms with Gasteiger partial charge in [0.1, 0.15) is 0 Å². The van der Waals surface area contributed by atoms with Crippen LogP contribution in [0.4, 0.5) is 0 Å². The quantitative estimate of drug-likeness (QED) is 0.498. The van der Waals surface area contributed by atoms with Crippen molar-refractivity contribution in [3.63, 3.8) is 0 Å². The number of rotatable bonds is 5. The van der Waals surface area contributed by atoms with Gasteiger partial charge in [-0.3, -0.25) is 4.55 Å². The van der Waals surface area contributed by atoms with Gasteiger partial charge in [0.05, 0.1) is 11.0 Å². The van der Waals surface area contributed by atoms with Gasteiger partial charge in [0.2, 0.25) is 0 Å². The Morgan fingerprint density at radius 2 is 1.88 bits per heavy atom. The number of aryl methyl sites for hydroxylation is 1. The molecule has 87 valence electrons. The van der Waals surface area contributed by atoms with Crippen molar-refractivity contribution in [2.45, 2.75) is 30.6 Å². The fourth-order valence-corrected chi connectivity index (χ4v) is 2.23. The fraction of sp³-hybridized carbons (Fsp3) is 0.364. The van der Waals surface area contributed by atoms with Crippen LogP contribution < -0.4 is 0 Å². The maximum absolute atomic E-state index is 11.0. The molecular formula is C11H13NNaO3S. The molecular weight excluding hydrogens is 249 g/mol. The van der Waals surface area contributed by atoms with E-state index in [-0.39, 0.29) is 34.5 Å². The Labute approximate surface area is 124 Å². The summed E-state index contributed by atoms with van der Waals surface area (Å²) < 4.78 is 31.1. The minimum Gasteiger partial charge on any atom is -0.282 e. The zero-order valence-corrected chi connectivity index (χ0v) is 12.6. The topological polar surface area (TPSA) is 78.2 Å². The van der Waals surface area contributed by atoms with E-state index < -0.39 is 10.1 Å². The van der Waals surface area contributed by atoms with Crippen LogP contribution in [0.1, 0.15) is 24.8 Å². The summed E-state index contributed by atoms with van der Waals surface area (Å²) in [6.07, 6.45) is 2.49. The van der Waals surface area contributed by atoms with Crippen LogP contribution in [0.2, 0.25) is 0 Å². The van der Waals surface area contributed by atoms with Crippen molar-refractivity contribution in [3.05, 3.63) is 29.8 Å². The third kappa shape index (κ3) is 5.66. The maximum atomic E-state index is 11.0. The summed E-state index contributed by atoms with van der Waals surface area (Å²) in [4.78, 5) is -0.0352. The minimum atomic E-state index is -4.14. The normalized spacial score (nSPS) is 10.4. The first-order valence-electron chi connectivity index (χ1n) is 4.98. The van der Waals surface area contributed by atoms with Gasteiger partial charge < -0.3 is 0 Å². The Kier molecular flexibility index (Phi) is 7.68. The summed E-state index contributed by atoms with van der Waals surface area (Å²) in [6, 6.07) is 8.39. The SMILES string of the molecule is N#CCCCCc1ccccc1S(=O)(=O)O.[Na]. The number of hydrogen-bond acceptors (Lipinski definition) is 3. The first-order valence-corrected chi connectivity index (χ1v) is 6.42. The molecule has 0 heterocycles. The van der Waals surface area contributed by atoms with Gasteiger partial charge in [-0.05, 0) is 30.9 Å². The van der Waals surface area contributed by atoms with Crippen LogP contribution in [0, 0.1) is 11.3 Å². The summed E-state index contributed by atoms with van der Waals surface area (Å²) in [5, 5.41) is 8.36. The molecule has 0 aliphatic carbocycles. The van der Waals surface area contributed by atoms with Crippen LogP contribution in [-0.2, 0) is 16.5 Å². The molecule has 0 aromatic heterocycles. The second kappa shape index (κ2) is 7.85. The molecule has 0 bridgehead atoms. The van der Waals surface area contributed by atoms with Crippen LogP contribution in [0.3, 0.4) is 0 Å². The second-order valence-corrected chi connectivity index (χ2v) is 4.84. The molecule has 0 amide bonds. The molecule has 4 nitrogen and oxygen atoms in total. The Balaban J connectivity index is 0.00000256. The van der Waals surface area contributed by atoms with Gasteiger partial charge in [-0.25, -0.2) is 0 Å². The summed E-state index contributed by atoms with van der Waals surface area (Å²) in [6.45, 7) is 0. The first kappa shape index (κ1) is 16.6. The van der Waals surface area contributed by atoms with Crippen molar-refractivity contribution in [3.8, 4) is 6.07 Å². The minimum absolute atomic E-state index is 0. The zero-order chi connectivity index (χ0) is 12.0. The number of unbranched alkanes of at least 4 members (excludes halogenated alkanes) is 2. The van der Waals surface area contributed by atoms with Crippen molar-refractivity contribution in [2.24, 2.45) is 0 Å². The van der Waals surface area contributed by atoms with Gasteiger partial charge in [0.25, 0.3) is 10.1 Å². The molecule has 0 spiro atoms. The average molecular weight is 262 g/mol.